The highest BCUT2D eigenvalue weighted by Crippen LogP contribution is 2.20. The van der Waals surface area contributed by atoms with Crippen molar-refractivity contribution in [2.45, 2.75) is 12.1 Å². The number of nitrogens with two attached hydrogens (primary N) is 1. The molecule has 6 heteroatoms. The Morgan fingerprint density at radius 2 is 1.95 bits per heavy atom. The van der Waals surface area contributed by atoms with Crippen molar-refractivity contribution in [1.82, 2.24) is 9.55 Å². The zero-order valence-corrected chi connectivity index (χ0v) is 10.2. The lowest BCUT2D eigenvalue weighted by molar-refractivity contribution is 0.0626. The molecule has 0 saturated carbocycles. The van der Waals surface area contributed by atoms with Crippen LogP contribution in [0.3, 0.4) is 0 Å². The van der Waals surface area contributed by atoms with Crippen molar-refractivity contribution in [2.24, 2.45) is 0 Å². The minimum absolute atomic E-state index is 0.117. The van der Waals surface area contributed by atoms with E-state index in [4.69, 9.17) is 10.8 Å². The molecule has 0 aliphatic heterocycles. The van der Waals surface area contributed by atoms with Crippen molar-refractivity contribution in [1.29, 1.82) is 0 Å². The number of aromatic nitrogens is 2. The van der Waals surface area contributed by atoms with Crippen LogP contribution in [-0.4, -0.2) is 32.5 Å². The van der Waals surface area contributed by atoms with Gasteiger partial charge in [0, 0.05) is 6.20 Å². The first-order valence-corrected chi connectivity index (χ1v) is 5.82. The van der Waals surface area contributed by atoms with Crippen LogP contribution in [0.4, 0.5) is 5.82 Å². The number of hydrogen-bond acceptors (Lipinski definition) is 5. The van der Waals surface area contributed by atoms with Gasteiger partial charge in [0.1, 0.15) is 11.9 Å². The van der Waals surface area contributed by atoms with Crippen LogP contribution in [0.25, 0.3) is 0 Å². The molecule has 0 unspecified atom stereocenters. The first-order valence-electron chi connectivity index (χ1n) is 5.82. The van der Waals surface area contributed by atoms with Crippen LogP contribution in [0.2, 0.25) is 0 Å². The molecule has 1 aromatic heterocycles. The Morgan fingerprint density at radius 1 is 1.26 bits per heavy atom. The number of anilines is 1. The minimum Gasteiger partial charge on any atom is -0.394 e. The van der Waals surface area contributed by atoms with Crippen LogP contribution in [0.5, 0.6) is 0 Å². The second-order valence-corrected chi connectivity index (χ2v) is 4.15. The van der Waals surface area contributed by atoms with Gasteiger partial charge in [-0.05, 0) is 11.6 Å². The van der Waals surface area contributed by atoms with Crippen LogP contribution in [0.15, 0.2) is 47.4 Å². The maximum absolute atomic E-state index is 11.9. The Bertz CT molecular complexity index is 598. The van der Waals surface area contributed by atoms with Crippen molar-refractivity contribution in [3.63, 3.8) is 0 Å². The van der Waals surface area contributed by atoms with E-state index in [0.29, 0.717) is 5.56 Å². The zero-order valence-electron chi connectivity index (χ0n) is 10.2. The second kappa shape index (κ2) is 5.64. The maximum Gasteiger partial charge on any atom is 0.350 e. The van der Waals surface area contributed by atoms with Crippen molar-refractivity contribution in [2.75, 3.05) is 12.3 Å². The summed E-state index contributed by atoms with van der Waals surface area (Å²) in [6.07, 6.45) is 0.354. The van der Waals surface area contributed by atoms with Crippen LogP contribution in [0.1, 0.15) is 11.6 Å². The van der Waals surface area contributed by atoms with E-state index >= 15 is 0 Å². The molecule has 1 heterocycles. The Hall–Kier alpha value is -2.18. The summed E-state index contributed by atoms with van der Waals surface area (Å²) < 4.78 is 1.26. The minimum atomic E-state index is -1.11. The molecule has 0 aliphatic rings. The quantitative estimate of drug-likeness (QED) is 0.705. The van der Waals surface area contributed by atoms with Crippen molar-refractivity contribution in [3.8, 4) is 0 Å². The van der Waals surface area contributed by atoms with Gasteiger partial charge < -0.3 is 15.9 Å². The van der Waals surface area contributed by atoms with Gasteiger partial charge in [0.05, 0.1) is 12.6 Å². The lowest BCUT2D eigenvalue weighted by Gasteiger charge is -2.23. The highest BCUT2D eigenvalue weighted by molar-refractivity contribution is 5.26. The molecule has 1 aromatic carbocycles. The van der Waals surface area contributed by atoms with E-state index in [-0.39, 0.29) is 5.82 Å². The van der Waals surface area contributed by atoms with E-state index < -0.39 is 24.4 Å². The lowest BCUT2D eigenvalue weighted by atomic mass is 10.0. The monoisotopic (exact) mass is 261 g/mol. The van der Waals surface area contributed by atoms with Gasteiger partial charge in [-0.25, -0.2) is 4.79 Å². The third kappa shape index (κ3) is 2.81. The molecule has 2 aromatic rings. The van der Waals surface area contributed by atoms with Crippen LogP contribution < -0.4 is 11.4 Å². The summed E-state index contributed by atoms with van der Waals surface area (Å²) in [6.45, 7) is -0.462. The molecule has 2 rings (SSSR count). The van der Waals surface area contributed by atoms with Gasteiger partial charge in [0.25, 0.3) is 0 Å². The Morgan fingerprint density at radius 3 is 2.53 bits per heavy atom. The summed E-state index contributed by atoms with van der Waals surface area (Å²) in [5.74, 6) is 0.117. The average molecular weight is 261 g/mol. The molecule has 0 aliphatic carbocycles. The summed E-state index contributed by atoms with van der Waals surface area (Å²) in [5.41, 5.74) is 5.58. The van der Waals surface area contributed by atoms with Gasteiger partial charge in [-0.1, -0.05) is 30.3 Å². The number of aliphatic hydroxyl groups is 2. The number of rotatable bonds is 4. The SMILES string of the molecule is Nc1ccn([C@@H](c2ccccc2)[C@H](O)CO)c(=O)n1. The van der Waals surface area contributed by atoms with Gasteiger partial charge in [-0.3, -0.25) is 4.57 Å². The molecule has 0 saturated heterocycles. The normalized spacial score (nSPS) is 14.0. The number of aliphatic hydroxyl groups excluding tert-OH is 2. The van der Waals surface area contributed by atoms with E-state index in [1.54, 1.807) is 24.3 Å². The largest absolute Gasteiger partial charge is 0.394 e. The second-order valence-electron chi connectivity index (χ2n) is 4.15. The van der Waals surface area contributed by atoms with Gasteiger partial charge in [-0.15, -0.1) is 0 Å². The first-order chi connectivity index (χ1) is 9.13. The number of hydrogen-bond donors (Lipinski definition) is 3. The van der Waals surface area contributed by atoms with Crippen LogP contribution >= 0.6 is 0 Å². The predicted molar refractivity (Wildman–Crippen MR) is 70.6 cm³/mol. The first kappa shape index (κ1) is 13.3. The number of nitrogen functional groups attached to an aromatic ring is 1. The highest BCUT2D eigenvalue weighted by Gasteiger charge is 2.23. The van der Waals surface area contributed by atoms with Gasteiger partial charge in [0.2, 0.25) is 0 Å². The van der Waals surface area contributed by atoms with E-state index in [9.17, 15) is 9.90 Å². The van der Waals surface area contributed by atoms with Crippen molar-refractivity contribution >= 4 is 5.82 Å². The van der Waals surface area contributed by atoms with Crippen molar-refractivity contribution < 1.29 is 10.2 Å². The Labute approximate surface area is 109 Å². The zero-order chi connectivity index (χ0) is 13.8. The molecule has 6 nitrogen and oxygen atoms in total. The fraction of sp³-hybridized carbons (Fsp3) is 0.231. The maximum atomic E-state index is 11.9. The van der Waals surface area contributed by atoms with Gasteiger partial charge in [0.15, 0.2) is 0 Å². The summed E-state index contributed by atoms with van der Waals surface area (Å²) in [6, 6.07) is 9.73. The third-order valence-corrected chi connectivity index (χ3v) is 2.84. The topological polar surface area (TPSA) is 101 Å². The van der Waals surface area contributed by atoms with Gasteiger partial charge >= 0.3 is 5.69 Å². The molecule has 0 amide bonds. The van der Waals surface area contributed by atoms with E-state index in [0.717, 1.165) is 0 Å². The molecule has 4 N–H and O–H groups in total. The van der Waals surface area contributed by atoms with Crippen LogP contribution in [0, 0.1) is 0 Å². The fourth-order valence-corrected chi connectivity index (χ4v) is 1.96. The Kier molecular flexibility index (Phi) is 3.94. The molecule has 2 atom stereocenters. The summed E-state index contributed by atoms with van der Waals surface area (Å²) in [4.78, 5) is 15.5. The average Bonchev–Trinajstić information content (AvgIpc) is 2.42. The Balaban J connectivity index is 2.52. The lowest BCUT2D eigenvalue weighted by Crippen LogP contribution is -2.36. The molecule has 100 valence electrons. The molecular weight excluding hydrogens is 246 g/mol. The fourth-order valence-electron chi connectivity index (χ4n) is 1.96. The highest BCUT2D eigenvalue weighted by atomic mass is 16.3. The molecule has 0 fully saturated rings. The molecular formula is C13H15N3O3. The van der Waals surface area contributed by atoms with E-state index in [1.807, 2.05) is 6.07 Å². The summed E-state index contributed by atoms with van der Waals surface area (Å²) in [7, 11) is 0. The molecule has 0 radical (unpaired) electrons. The molecule has 0 spiro atoms. The van der Waals surface area contributed by atoms with E-state index in [2.05, 4.69) is 4.98 Å². The number of benzene rings is 1. The summed E-state index contributed by atoms with van der Waals surface area (Å²) >= 11 is 0. The molecule has 19 heavy (non-hydrogen) atoms. The standard InChI is InChI=1S/C13H15N3O3/c14-11-6-7-16(13(19)15-11)12(10(18)8-17)9-4-2-1-3-5-9/h1-7,10,12,17-18H,8H2,(H2,14,15,19)/t10-,12+/m1/s1. The predicted octanol–water partition coefficient (Wildman–Crippen LogP) is -0.232. The molecule has 0 bridgehead atoms. The third-order valence-electron chi connectivity index (χ3n) is 2.84. The van der Waals surface area contributed by atoms with Crippen molar-refractivity contribution in [3.05, 3.63) is 58.6 Å². The van der Waals surface area contributed by atoms with E-state index in [1.165, 1.54) is 16.8 Å². The van der Waals surface area contributed by atoms with Gasteiger partial charge in [-0.2, -0.15) is 4.98 Å². The summed E-state index contributed by atoms with van der Waals surface area (Å²) in [5, 5.41) is 19.1. The smallest absolute Gasteiger partial charge is 0.350 e. The van der Waals surface area contributed by atoms with Crippen LogP contribution in [-0.2, 0) is 0 Å². The number of nitrogens with zero attached hydrogens (tertiary/aromatic N) is 2.